The highest BCUT2D eigenvalue weighted by molar-refractivity contribution is 7.80. The van der Waals surface area contributed by atoms with Crippen LogP contribution in [-0.4, -0.2) is 36.3 Å². The fraction of sp³-hybridized carbons (Fsp3) is 0.273. The molecule has 0 saturated heterocycles. The maximum Gasteiger partial charge on any atom is 0.331 e. The topological polar surface area (TPSA) is 79.8 Å². The molecule has 0 aliphatic heterocycles. The second-order valence-electron chi connectivity index (χ2n) is 3.40. The normalized spacial score (nSPS) is 10.0. The number of halogens is 1. The number of aliphatic carboxylic acids is 1. The summed E-state index contributed by atoms with van der Waals surface area (Å²) in [7, 11) is 1.53. The van der Waals surface area contributed by atoms with Crippen molar-refractivity contribution in [3.63, 3.8) is 0 Å². The summed E-state index contributed by atoms with van der Waals surface area (Å²) in [6.45, 7) is -0.276. The van der Waals surface area contributed by atoms with E-state index in [0.29, 0.717) is 21.4 Å². The first-order valence-electron chi connectivity index (χ1n) is 5.22. The van der Waals surface area contributed by atoms with E-state index in [2.05, 4.69) is 15.6 Å². The smallest absolute Gasteiger partial charge is 0.331 e. The Hall–Kier alpha value is -1.41. The first-order valence-corrected chi connectivity index (χ1v) is 6.01. The average molecular weight is 305 g/mol. The lowest BCUT2D eigenvalue weighted by Gasteiger charge is -2.12. The van der Waals surface area contributed by atoms with E-state index in [0.717, 1.165) is 0 Å². The molecule has 6 nitrogen and oxygen atoms in total. The predicted molar refractivity (Wildman–Crippen MR) is 75.8 cm³/mol. The van der Waals surface area contributed by atoms with Gasteiger partial charge in [0.1, 0.15) is 5.75 Å². The summed E-state index contributed by atoms with van der Waals surface area (Å²) in [6.07, 6.45) is 0. The van der Waals surface area contributed by atoms with Crippen molar-refractivity contribution < 1.29 is 19.5 Å². The molecule has 0 amide bonds. The molecule has 1 aromatic rings. The number of hydrogen-bond acceptors (Lipinski definition) is 5. The van der Waals surface area contributed by atoms with Gasteiger partial charge in [-0.2, -0.15) is 5.48 Å². The Morgan fingerprint density at radius 2 is 2.26 bits per heavy atom. The maximum absolute atomic E-state index is 10.2. The number of carbonyl (C=O) groups is 1. The third-order valence-electron chi connectivity index (χ3n) is 1.97. The summed E-state index contributed by atoms with van der Waals surface area (Å²) >= 11 is 10.9. The largest absolute Gasteiger partial charge is 0.495 e. The first-order chi connectivity index (χ1) is 9.02. The van der Waals surface area contributed by atoms with Gasteiger partial charge in [0, 0.05) is 5.02 Å². The Kier molecular flexibility index (Phi) is 6.51. The van der Waals surface area contributed by atoms with E-state index >= 15 is 0 Å². The number of benzene rings is 1. The molecule has 8 heteroatoms. The molecule has 0 radical (unpaired) electrons. The van der Waals surface area contributed by atoms with E-state index in [1.807, 2.05) is 0 Å². The minimum Gasteiger partial charge on any atom is -0.495 e. The summed E-state index contributed by atoms with van der Waals surface area (Å²) in [5, 5.41) is 11.8. The molecule has 0 aliphatic rings. The van der Waals surface area contributed by atoms with Crippen molar-refractivity contribution in [1.82, 2.24) is 5.48 Å². The lowest BCUT2D eigenvalue weighted by molar-refractivity contribution is -0.144. The van der Waals surface area contributed by atoms with E-state index in [1.165, 1.54) is 7.11 Å². The molecule has 1 rings (SSSR count). The van der Waals surface area contributed by atoms with Gasteiger partial charge < -0.3 is 15.2 Å². The Labute approximate surface area is 120 Å². The van der Waals surface area contributed by atoms with Gasteiger partial charge in [0.05, 0.1) is 24.3 Å². The van der Waals surface area contributed by atoms with Gasteiger partial charge in [0.25, 0.3) is 0 Å². The molecule has 3 N–H and O–H groups in total. The SMILES string of the molecule is COc1ccc(Cl)cc1NC(=S)CNOCC(=O)O. The zero-order valence-corrected chi connectivity index (χ0v) is 11.7. The van der Waals surface area contributed by atoms with Gasteiger partial charge in [-0.3, -0.25) is 4.84 Å². The van der Waals surface area contributed by atoms with E-state index in [-0.39, 0.29) is 6.54 Å². The molecule has 0 bridgehead atoms. The minimum atomic E-state index is -1.07. The molecule has 0 fully saturated rings. The molecule has 0 aliphatic carbocycles. The number of rotatable bonds is 7. The summed E-state index contributed by atoms with van der Waals surface area (Å²) in [6, 6.07) is 5.08. The number of carboxylic acid groups (broad SMARTS) is 1. The lowest BCUT2D eigenvalue weighted by Crippen LogP contribution is -2.28. The van der Waals surface area contributed by atoms with Crippen LogP contribution in [0.2, 0.25) is 5.02 Å². The second kappa shape index (κ2) is 7.90. The number of carboxylic acids is 1. The van der Waals surface area contributed by atoms with Gasteiger partial charge in [0.15, 0.2) is 6.61 Å². The highest BCUT2D eigenvalue weighted by Crippen LogP contribution is 2.27. The van der Waals surface area contributed by atoms with Crippen LogP contribution < -0.4 is 15.5 Å². The number of methoxy groups -OCH3 is 1. The fourth-order valence-electron chi connectivity index (χ4n) is 1.20. The molecule has 0 unspecified atom stereocenters. The van der Waals surface area contributed by atoms with Crippen molar-refractivity contribution >= 4 is 40.5 Å². The molecule has 19 heavy (non-hydrogen) atoms. The van der Waals surface area contributed by atoms with Crippen LogP contribution in [0, 0.1) is 0 Å². The van der Waals surface area contributed by atoms with E-state index in [4.69, 9.17) is 33.7 Å². The monoisotopic (exact) mass is 304 g/mol. The van der Waals surface area contributed by atoms with E-state index in [9.17, 15) is 4.79 Å². The Morgan fingerprint density at radius 3 is 2.89 bits per heavy atom. The number of anilines is 1. The van der Waals surface area contributed by atoms with Crippen molar-refractivity contribution in [3.05, 3.63) is 23.2 Å². The molecule has 0 spiro atoms. The van der Waals surface area contributed by atoms with Crippen LogP contribution in [0.4, 0.5) is 5.69 Å². The highest BCUT2D eigenvalue weighted by Gasteiger charge is 2.06. The Bertz CT molecular complexity index is 470. The summed E-state index contributed by atoms with van der Waals surface area (Å²) in [5.41, 5.74) is 3.06. The fourth-order valence-corrected chi connectivity index (χ4v) is 1.54. The van der Waals surface area contributed by atoms with Gasteiger partial charge >= 0.3 is 5.97 Å². The molecule has 0 atom stereocenters. The van der Waals surface area contributed by atoms with Crippen molar-refractivity contribution in [1.29, 1.82) is 0 Å². The van der Waals surface area contributed by atoms with Crippen LogP contribution in [-0.2, 0) is 9.63 Å². The summed E-state index contributed by atoms with van der Waals surface area (Å²) in [4.78, 5) is 15.3. The number of thiocarbonyl (C=S) groups is 1. The average Bonchev–Trinajstić information content (AvgIpc) is 2.35. The maximum atomic E-state index is 10.2. The van der Waals surface area contributed by atoms with Crippen molar-refractivity contribution in [2.24, 2.45) is 0 Å². The van der Waals surface area contributed by atoms with Crippen molar-refractivity contribution in [3.8, 4) is 5.75 Å². The second-order valence-corrected chi connectivity index (χ2v) is 4.33. The number of hydroxylamine groups is 1. The van der Waals surface area contributed by atoms with E-state index in [1.54, 1.807) is 18.2 Å². The van der Waals surface area contributed by atoms with Crippen LogP contribution in [0.15, 0.2) is 18.2 Å². The first kappa shape index (κ1) is 15.6. The number of nitrogens with one attached hydrogen (secondary N) is 2. The zero-order valence-electron chi connectivity index (χ0n) is 10.1. The quantitative estimate of drug-likeness (QED) is 0.402. The lowest BCUT2D eigenvalue weighted by atomic mass is 10.3. The van der Waals surface area contributed by atoms with Gasteiger partial charge in [-0.05, 0) is 18.2 Å². The molecule has 1 aromatic carbocycles. The van der Waals surface area contributed by atoms with Crippen LogP contribution in [0.3, 0.4) is 0 Å². The third-order valence-corrected chi connectivity index (χ3v) is 2.45. The van der Waals surface area contributed by atoms with Crippen LogP contribution in [0.1, 0.15) is 0 Å². The van der Waals surface area contributed by atoms with Gasteiger partial charge in [-0.25, -0.2) is 4.79 Å². The van der Waals surface area contributed by atoms with Gasteiger partial charge in [0.2, 0.25) is 0 Å². The Balaban J connectivity index is 2.47. The molecule has 0 aromatic heterocycles. The van der Waals surface area contributed by atoms with Crippen LogP contribution in [0.25, 0.3) is 0 Å². The molecular weight excluding hydrogens is 292 g/mol. The molecular formula is C11H13ClN2O4S. The summed E-state index contributed by atoms with van der Waals surface area (Å²) < 4.78 is 5.15. The molecule has 104 valence electrons. The van der Waals surface area contributed by atoms with E-state index < -0.39 is 12.6 Å². The molecule has 0 saturated carbocycles. The number of hydrogen-bond donors (Lipinski definition) is 3. The zero-order chi connectivity index (χ0) is 14.3. The van der Waals surface area contributed by atoms with Gasteiger partial charge in [-0.15, -0.1) is 0 Å². The summed E-state index contributed by atoms with van der Waals surface area (Å²) in [5.74, 6) is -0.471. The number of ether oxygens (including phenoxy) is 1. The Morgan fingerprint density at radius 1 is 1.53 bits per heavy atom. The van der Waals surface area contributed by atoms with Crippen molar-refractivity contribution in [2.45, 2.75) is 0 Å². The molecule has 0 heterocycles. The highest BCUT2D eigenvalue weighted by atomic mass is 35.5. The van der Waals surface area contributed by atoms with Gasteiger partial charge in [-0.1, -0.05) is 23.8 Å². The minimum absolute atomic E-state index is 0.165. The standard InChI is InChI=1S/C11H13ClN2O4S/c1-17-9-3-2-7(12)4-8(9)14-10(19)5-13-18-6-11(15)16/h2-4,13H,5-6H2,1H3,(H,14,19)(H,15,16). The third kappa shape index (κ3) is 5.84. The van der Waals surface area contributed by atoms with Crippen LogP contribution >= 0.6 is 23.8 Å². The predicted octanol–water partition coefficient (Wildman–Crippen LogP) is 1.69. The van der Waals surface area contributed by atoms with Crippen molar-refractivity contribution in [2.75, 3.05) is 25.6 Å². The van der Waals surface area contributed by atoms with Crippen LogP contribution in [0.5, 0.6) is 5.75 Å².